The largest absolute Gasteiger partial charge is 0.508 e. The Morgan fingerprint density at radius 2 is 2.09 bits per heavy atom. The molecule has 0 saturated carbocycles. The average Bonchev–Trinajstić information content (AvgIpc) is 2.06. The molecule has 0 amide bonds. The second kappa shape index (κ2) is 4.15. The summed E-state index contributed by atoms with van der Waals surface area (Å²) in [5, 5.41) is 0. The standard InChI is InChI=1S/C6H10O5/c1-8-6(7)11-5-2-9-4-10-3-5/h5H,2-4H2,1H3. The lowest BCUT2D eigenvalue weighted by atomic mass is 10.4. The van der Waals surface area contributed by atoms with Crippen LogP contribution in [0.3, 0.4) is 0 Å². The minimum Gasteiger partial charge on any atom is -0.438 e. The number of ether oxygens (including phenoxy) is 4. The molecule has 0 atom stereocenters. The van der Waals surface area contributed by atoms with E-state index in [1.165, 1.54) is 7.11 Å². The normalized spacial score (nSPS) is 19.4. The Kier molecular flexibility index (Phi) is 3.13. The first kappa shape index (κ1) is 8.29. The van der Waals surface area contributed by atoms with Crippen LogP contribution >= 0.6 is 0 Å². The van der Waals surface area contributed by atoms with E-state index in [9.17, 15) is 4.79 Å². The van der Waals surface area contributed by atoms with Gasteiger partial charge in [0.25, 0.3) is 0 Å². The van der Waals surface area contributed by atoms with Crippen LogP contribution in [-0.2, 0) is 18.9 Å². The molecular formula is C6H10O5. The third kappa shape index (κ3) is 2.73. The summed E-state index contributed by atoms with van der Waals surface area (Å²) in [4.78, 5) is 10.5. The first-order valence-corrected chi connectivity index (χ1v) is 3.23. The first-order chi connectivity index (χ1) is 5.33. The van der Waals surface area contributed by atoms with Gasteiger partial charge in [0, 0.05) is 0 Å². The summed E-state index contributed by atoms with van der Waals surface area (Å²) in [6.07, 6.45) is -1.04. The fourth-order valence-electron chi connectivity index (χ4n) is 0.718. The molecule has 1 aliphatic heterocycles. The van der Waals surface area contributed by atoms with Crippen LogP contribution in [0.4, 0.5) is 4.79 Å². The summed E-state index contributed by atoms with van der Waals surface area (Å²) in [6.45, 7) is 1.01. The highest BCUT2D eigenvalue weighted by Gasteiger charge is 2.18. The monoisotopic (exact) mass is 162 g/mol. The van der Waals surface area contributed by atoms with Crippen molar-refractivity contribution >= 4 is 6.16 Å². The van der Waals surface area contributed by atoms with Crippen LogP contribution in [0.15, 0.2) is 0 Å². The van der Waals surface area contributed by atoms with Crippen molar-refractivity contribution < 1.29 is 23.7 Å². The van der Waals surface area contributed by atoms with Crippen LogP contribution in [0.2, 0.25) is 0 Å². The predicted molar refractivity (Wildman–Crippen MR) is 34.0 cm³/mol. The topological polar surface area (TPSA) is 54.0 Å². The summed E-state index contributed by atoms with van der Waals surface area (Å²) >= 11 is 0. The SMILES string of the molecule is COC(=O)OC1COCOC1. The van der Waals surface area contributed by atoms with E-state index in [-0.39, 0.29) is 12.9 Å². The van der Waals surface area contributed by atoms with Crippen LogP contribution in [0, 0.1) is 0 Å². The van der Waals surface area contributed by atoms with Gasteiger partial charge < -0.3 is 18.9 Å². The van der Waals surface area contributed by atoms with E-state index in [4.69, 9.17) is 14.2 Å². The first-order valence-electron chi connectivity index (χ1n) is 3.23. The van der Waals surface area contributed by atoms with Crippen molar-refractivity contribution in [2.24, 2.45) is 0 Å². The molecule has 1 heterocycles. The number of carbonyl (C=O) groups is 1. The molecule has 0 N–H and O–H groups in total. The van der Waals surface area contributed by atoms with Crippen molar-refractivity contribution in [3.63, 3.8) is 0 Å². The summed E-state index contributed by atoms with van der Waals surface area (Å²) in [5.74, 6) is 0. The Labute approximate surface area is 64.2 Å². The quantitative estimate of drug-likeness (QED) is 0.513. The zero-order chi connectivity index (χ0) is 8.10. The second-order valence-electron chi connectivity index (χ2n) is 2.05. The van der Waals surface area contributed by atoms with E-state index >= 15 is 0 Å². The van der Waals surface area contributed by atoms with Gasteiger partial charge >= 0.3 is 6.16 Å². The summed E-state index contributed by atoms with van der Waals surface area (Å²) in [7, 11) is 1.26. The lowest BCUT2D eigenvalue weighted by Gasteiger charge is -2.21. The zero-order valence-corrected chi connectivity index (χ0v) is 6.24. The van der Waals surface area contributed by atoms with Gasteiger partial charge in [-0.25, -0.2) is 4.79 Å². The van der Waals surface area contributed by atoms with E-state index in [2.05, 4.69) is 4.74 Å². The third-order valence-electron chi connectivity index (χ3n) is 1.20. The third-order valence-corrected chi connectivity index (χ3v) is 1.20. The molecule has 0 aromatic carbocycles. The molecule has 1 saturated heterocycles. The minimum atomic E-state index is -0.705. The number of hydrogen-bond donors (Lipinski definition) is 0. The molecule has 64 valence electrons. The van der Waals surface area contributed by atoms with E-state index < -0.39 is 6.16 Å². The van der Waals surface area contributed by atoms with Gasteiger partial charge in [-0.1, -0.05) is 0 Å². The Bertz CT molecular complexity index is 129. The van der Waals surface area contributed by atoms with Gasteiger partial charge in [-0.05, 0) is 0 Å². The predicted octanol–water partition coefficient (Wildman–Crippen LogP) is 0.142. The van der Waals surface area contributed by atoms with Gasteiger partial charge in [-0.2, -0.15) is 0 Å². The van der Waals surface area contributed by atoms with Crippen LogP contribution in [0.1, 0.15) is 0 Å². The Hall–Kier alpha value is -0.810. The maximum atomic E-state index is 10.5. The zero-order valence-electron chi connectivity index (χ0n) is 6.24. The minimum absolute atomic E-state index is 0.265. The van der Waals surface area contributed by atoms with Crippen molar-refractivity contribution in [3.8, 4) is 0 Å². The van der Waals surface area contributed by atoms with Gasteiger partial charge in [0.2, 0.25) is 0 Å². The molecule has 0 unspecified atom stereocenters. The smallest absolute Gasteiger partial charge is 0.438 e. The van der Waals surface area contributed by atoms with Crippen LogP contribution in [0.25, 0.3) is 0 Å². The average molecular weight is 162 g/mol. The van der Waals surface area contributed by atoms with Crippen LogP contribution in [0.5, 0.6) is 0 Å². The maximum absolute atomic E-state index is 10.5. The van der Waals surface area contributed by atoms with Crippen LogP contribution in [-0.4, -0.2) is 39.4 Å². The van der Waals surface area contributed by atoms with E-state index in [1.807, 2.05) is 0 Å². The molecule has 0 spiro atoms. The Morgan fingerprint density at radius 1 is 1.45 bits per heavy atom. The molecule has 5 heteroatoms. The van der Waals surface area contributed by atoms with Crippen molar-refractivity contribution in [3.05, 3.63) is 0 Å². The Morgan fingerprint density at radius 3 is 2.64 bits per heavy atom. The molecule has 0 aromatic heterocycles. The molecular weight excluding hydrogens is 152 g/mol. The lowest BCUT2D eigenvalue weighted by Crippen LogP contribution is -2.33. The number of hydrogen-bond acceptors (Lipinski definition) is 5. The van der Waals surface area contributed by atoms with Crippen LogP contribution < -0.4 is 0 Å². The van der Waals surface area contributed by atoms with E-state index in [0.29, 0.717) is 13.2 Å². The van der Waals surface area contributed by atoms with E-state index in [1.54, 1.807) is 0 Å². The molecule has 0 bridgehead atoms. The molecule has 5 nitrogen and oxygen atoms in total. The van der Waals surface area contributed by atoms with Crippen molar-refractivity contribution in [2.45, 2.75) is 6.10 Å². The maximum Gasteiger partial charge on any atom is 0.508 e. The second-order valence-corrected chi connectivity index (χ2v) is 2.05. The molecule has 1 fully saturated rings. The molecule has 0 radical (unpaired) electrons. The molecule has 0 aromatic rings. The van der Waals surface area contributed by atoms with Gasteiger partial charge in [-0.15, -0.1) is 0 Å². The number of methoxy groups -OCH3 is 1. The summed E-state index contributed by atoms with van der Waals surface area (Å²) in [5.41, 5.74) is 0. The van der Waals surface area contributed by atoms with Crippen molar-refractivity contribution in [1.82, 2.24) is 0 Å². The highest BCUT2D eigenvalue weighted by molar-refractivity contribution is 5.59. The van der Waals surface area contributed by atoms with Gasteiger partial charge in [0.1, 0.15) is 6.79 Å². The van der Waals surface area contributed by atoms with Crippen molar-refractivity contribution in [1.29, 1.82) is 0 Å². The fraction of sp³-hybridized carbons (Fsp3) is 0.833. The van der Waals surface area contributed by atoms with Gasteiger partial charge in [0.05, 0.1) is 20.3 Å². The number of rotatable bonds is 1. The fourth-order valence-corrected chi connectivity index (χ4v) is 0.718. The number of carbonyl (C=O) groups excluding carboxylic acids is 1. The Balaban J connectivity index is 2.19. The molecule has 0 aliphatic carbocycles. The molecule has 1 rings (SSSR count). The van der Waals surface area contributed by atoms with Gasteiger partial charge in [0.15, 0.2) is 6.10 Å². The van der Waals surface area contributed by atoms with Gasteiger partial charge in [-0.3, -0.25) is 0 Å². The highest BCUT2D eigenvalue weighted by atomic mass is 16.7. The molecule has 11 heavy (non-hydrogen) atoms. The lowest BCUT2D eigenvalue weighted by molar-refractivity contribution is -0.156. The van der Waals surface area contributed by atoms with E-state index in [0.717, 1.165) is 0 Å². The summed E-state index contributed by atoms with van der Waals surface area (Å²) < 4.78 is 18.8. The highest BCUT2D eigenvalue weighted by Crippen LogP contribution is 2.02. The van der Waals surface area contributed by atoms with Crippen molar-refractivity contribution in [2.75, 3.05) is 27.1 Å². The summed E-state index contributed by atoms with van der Waals surface area (Å²) in [6, 6.07) is 0. The molecule has 1 aliphatic rings.